The lowest BCUT2D eigenvalue weighted by Crippen LogP contribution is -2.27. The molecule has 1 saturated carbocycles. The van der Waals surface area contributed by atoms with Crippen LogP contribution in [-0.4, -0.2) is 28.1 Å². The summed E-state index contributed by atoms with van der Waals surface area (Å²) in [7, 11) is 0. The van der Waals surface area contributed by atoms with E-state index in [0.29, 0.717) is 12.3 Å². The minimum absolute atomic E-state index is 0.00729. The lowest BCUT2D eigenvalue weighted by molar-refractivity contribution is -0.137. The van der Waals surface area contributed by atoms with Crippen molar-refractivity contribution in [1.29, 1.82) is 0 Å². The minimum atomic E-state index is -0.825. The molecule has 1 heterocycles. The number of carboxylic acids is 1. The Morgan fingerprint density at radius 1 is 1.05 bits per heavy atom. The number of pyridine rings is 1. The number of anilines is 1. The number of carbonyl (C=O) groups excluding carboxylic acids is 1. The van der Waals surface area contributed by atoms with Gasteiger partial charge in [-0.15, -0.1) is 0 Å². The molecule has 6 heteroatoms. The van der Waals surface area contributed by atoms with E-state index in [9.17, 15) is 9.59 Å². The first-order chi connectivity index (χ1) is 17.8. The highest BCUT2D eigenvalue weighted by atomic mass is 16.5. The predicted octanol–water partition coefficient (Wildman–Crippen LogP) is 6.77. The molecule has 0 saturated heterocycles. The largest absolute Gasteiger partial charge is 0.489 e. The molecule has 2 N–H and O–H groups in total. The Morgan fingerprint density at radius 2 is 1.78 bits per heavy atom. The van der Waals surface area contributed by atoms with Crippen LogP contribution in [0.5, 0.6) is 5.75 Å². The zero-order valence-electron chi connectivity index (χ0n) is 21.9. The number of benzene rings is 2. The first kappa shape index (κ1) is 26.4. The van der Waals surface area contributed by atoms with E-state index in [0.717, 1.165) is 64.9 Å². The summed E-state index contributed by atoms with van der Waals surface area (Å²) in [6, 6.07) is 15.9. The van der Waals surface area contributed by atoms with Crippen LogP contribution in [0, 0.1) is 12.8 Å². The van der Waals surface area contributed by atoms with Crippen LogP contribution in [0.1, 0.15) is 68.6 Å². The van der Waals surface area contributed by atoms with Crippen LogP contribution < -0.4 is 10.1 Å². The van der Waals surface area contributed by atoms with Gasteiger partial charge in [-0.3, -0.25) is 14.6 Å². The summed E-state index contributed by atoms with van der Waals surface area (Å²) in [5.74, 6) is -0.0421. The molecule has 1 unspecified atom stereocenters. The highest BCUT2D eigenvalue weighted by Gasteiger charge is 2.32. The van der Waals surface area contributed by atoms with Crippen molar-refractivity contribution >= 4 is 17.6 Å². The maximum absolute atomic E-state index is 13.7. The highest BCUT2D eigenvalue weighted by Crippen LogP contribution is 2.39. The molecule has 0 spiro atoms. The smallest absolute Gasteiger partial charge is 0.303 e. The lowest BCUT2D eigenvalue weighted by Gasteiger charge is -2.24. The van der Waals surface area contributed by atoms with Gasteiger partial charge < -0.3 is 15.2 Å². The number of aryl methyl sites for hydroxylation is 1. The van der Waals surface area contributed by atoms with E-state index < -0.39 is 5.97 Å². The number of nitrogens with one attached hydrogen (secondary N) is 1. The van der Waals surface area contributed by atoms with Gasteiger partial charge in [0.2, 0.25) is 5.91 Å². The maximum Gasteiger partial charge on any atom is 0.303 e. The quantitative estimate of drug-likeness (QED) is 0.321. The zero-order valence-corrected chi connectivity index (χ0v) is 21.9. The Labute approximate surface area is 219 Å². The van der Waals surface area contributed by atoms with Crippen molar-refractivity contribution in [3.8, 4) is 16.9 Å². The Morgan fingerprint density at radius 3 is 2.46 bits per heavy atom. The number of amides is 1. The summed E-state index contributed by atoms with van der Waals surface area (Å²) in [5, 5.41) is 12.2. The molecular formula is C31H36N2O4. The fourth-order valence-corrected chi connectivity index (χ4v) is 5.27. The van der Waals surface area contributed by atoms with Gasteiger partial charge in [-0.05, 0) is 80.3 Å². The van der Waals surface area contributed by atoms with Crippen molar-refractivity contribution in [1.82, 2.24) is 4.98 Å². The molecule has 4 rings (SSSR count). The molecule has 3 aromatic rings. The number of hydrogen-bond acceptors (Lipinski definition) is 4. The molecule has 0 bridgehead atoms. The summed E-state index contributed by atoms with van der Waals surface area (Å²) in [5.41, 5.74) is 5.63. The molecule has 37 heavy (non-hydrogen) atoms. The summed E-state index contributed by atoms with van der Waals surface area (Å²) in [4.78, 5) is 29.1. The molecule has 6 nitrogen and oxygen atoms in total. The first-order valence-electron chi connectivity index (χ1n) is 13.1. The lowest BCUT2D eigenvalue weighted by atomic mass is 9.83. The minimum Gasteiger partial charge on any atom is -0.489 e. The number of ether oxygens (including phenoxy) is 1. The molecule has 2 aromatic carbocycles. The van der Waals surface area contributed by atoms with Crippen molar-refractivity contribution < 1.29 is 19.4 Å². The second kappa shape index (κ2) is 12.0. The standard InChI is InChI=1S/C31H36N2O4/c1-20(2)37-27-17-26(18-32-19-27)23-11-13-25(14-12-23)30(24-7-4-5-8-24)31(36)33-28-10-6-9-22(21(28)3)15-16-29(34)35/h6,9-14,17-20,24,30H,4-5,7-8,15-16H2,1-3H3,(H,33,36)(H,34,35). The Kier molecular flexibility index (Phi) is 8.59. The SMILES string of the molecule is Cc1c(CCC(=O)O)cccc1NC(=O)C(c1ccc(-c2cncc(OC(C)C)c2)cc1)C1CCCC1. The number of carboxylic acid groups (broad SMARTS) is 1. The summed E-state index contributed by atoms with van der Waals surface area (Å²) in [6.07, 6.45) is 8.49. The summed E-state index contributed by atoms with van der Waals surface area (Å²) >= 11 is 0. The second-order valence-corrected chi connectivity index (χ2v) is 10.2. The zero-order chi connectivity index (χ0) is 26.4. The van der Waals surface area contributed by atoms with E-state index in [4.69, 9.17) is 9.84 Å². The third-order valence-corrected chi connectivity index (χ3v) is 7.15. The number of rotatable bonds is 10. The van der Waals surface area contributed by atoms with Gasteiger partial charge in [-0.25, -0.2) is 0 Å². The number of aromatic nitrogens is 1. The summed E-state index contributed by atoms with van der Waals surface area (Å²) in [6.45, 7) is 5.92. The van der Waals surface area contributed by atoms with E-state index >= 15 is 0 Å². The highest BCUT2D eigenvalue weighted by molar-refractivity contribution is 5.97. The molecule has 1 amide bonds. The molecule has 1 aromatic heterocycles. The number of hydrogen-bond donors (Lipinski definition) is 2. The van der Waals surface area contributed by atoms with Crippen LogP contribution in [0.3, 0.4) is 0 Å². The summed E-state index contributed by atoms with van der Waals surface area (Å²) < 4.78 is 5.79. The van der Waals surface area contributed by atoms with Crippen LogP contribution in [0.15, 0.2) is 60.9 Å². The van der Waals surface area contributed by atoms with E-state index in [1.165, 1.54) is 0 Å². The van der Waals surface area contributed by atoms with Gasteiger partial charge in [0, 0.05) is 23.9 Å². The molecule has 1 atom stereocenters. The number of nitrogens with zero attached hydrogens (tertiary/aromatic N) is 1. The van der Waals surface area contributed by atoms with Gasteiger partial charge in [-0.2, -0.15) is 0 Å². The van der Waals surface area contributed by atoms with Gasteiger partial charge in [0.15, 0.2) is 0 Å². The van der Waals surface area contributed by atoms with Crippen LogP contribution in [0.2, 0.25) is 0 Å². The van der Waals surface area contributed by atoms with Crippen molar-refractivity contribution in [2.75, 3.05) is 5.32 Å². The maximum atomic E-state index is 13.7. The number of carbonyl (C=O) groups is 2. The fourth-order valence-electron chi connectivity index (χ4n) is 5.27. The van der Waals surface area contributed by atoms with Crippen LogP contribution in [0.25, 0.3) is 11.1 Å². The third-order valence-electron chi connectivity index (χ3n) is 7.15. The Hall–Kier alpha value is -3.67. The van der Waals surface area contributed by atoms with Gasteiger partial charge in [0.25, 0.3) is 0 Å². The number of aliphatic carboxylic acids is 1. The van der Waals surface area contributed by atoms with E-state index in [1.54, 1.807) is 6.20 Å². The average Bonchev–Trinajstić information content (AvgIpc) is 3.39. The fraction of sp³-hybridized carbons (Fsp3) is 0.387. The molecule has 1 aliphatic carbocycles. The van der Waals surface area contributed by atoms with Crippen molar-refractivity contribution in [2.45, 2.75) is 71.3 Å². The molecule has 194 valence electrons. The van der Waals surface area contributed by atoms with Crippen LogP contribution in [0.4, 0.5) is 5.69 Å². The topological polar surface area (TPSA) is 88.5 Å². The van der Waals surface area contributed by atoms with Crippen molar-refractivity contribution in [3.63, 3.8) is 0 Å². The molecular weight excluding hydrogens is 464 g/mol. The van der Waals surface area contributed by atoms with Gasteiger partial charge in [-0.1, -0.05) is 49.2 Å². The Bertz CT molecular complexity index is 1230. The molecule has 0 aliphatic heterocycles. The average molecular weight is 501 g/mol. The first-order valence-corrected chi connectivity index (χ1v) is 13.1. The molecule has 0 radical (unpaired) electrons. The predicted molar refractivity (Wildman–Crippen MR) is 146 cm³/mol. The van der Waals surface area contributed by atoms with Crippen LogP contribution in [-0.2, 0) is 16.0 Å². The van der Waals surface area contributed by atoms with Crippen molar-refractivity contribution in [2.24, 2.45) is 5.92 Å². The van der Waals surface area contributed by atoms with Crippen molar-refractivity contribution in [3.05, 3.63) is 77.6 Å². The Balaban J connectivity index is 1.56. The molecule has 1 aliphatic rings. The van der Waals surface area contributed by atoms with Gasteiger partial charge in [0.1, 0.15) is 5.75 Å². The van der Waals surface area contributed by atoms with Gasteiger partial charge in [0.05, 0.1) is 18.2 Å². The monoisotopic (exact) mass is 500 g/mol. The van der Waals surface area contributed by atoms with Crippen LogP contribution >= 0.6 is 0 Å². The van der Waals surface area contributed by atoms with E-state index in [-0.39, 0.29) is 24.3 Å². The normalized spacial score (nSPS) is 14.5. The van der Waals surface area contributed by atoms with E-state index in [1.807, 2.05) is 51.2 Å². The van der Waals surface area contributed by atoms with E-state index in [2.05, 4.69) is 34.6 Å². The van der Waals surface area contributed by atoms with Gasteiger partial charge >= 0.3 is 5.97 Å². The molecule has 1 fully saturated rings. The second-order valence-electron chi connectivity index (χ2n) is 10.2. The third kappa shape index (κ3) is 6.76.